The van der Waals surface area contributed by atoms with E-state index in [4.69, 9.17) is 10.5 Å². The molecule has 0 radical (unpaired) electrons. The van der Waals surface area contributed by atoms with Crippen LogP contribution in [0.2, 0.25) is 0 Å². The number of nitrogens with two attached hydrogens (primary N) is 1. The molecule has 0 fully saturated rings. The van der Waals surface area contributed by atoms with Gasteiger partial charge >= 0.3 is 0 Å². The van der Waals surface area contributed by atoms with Crippen molar-refractivity contribution in [3.8, 4) is 5.75 Å². The van der Waals surface area contributed by atoms with Crippen molar-refractivity contribution in [2.75, 3.05) is 0 Å². The van der Waals surface area contributed by atoms with Crippen LogP contribution in [-0.4, -0.2) is 0 Å². The van der Waals surface area contributed by atoms with Crippen molar-refractivity contribution in [1.82, 2.24) is 0 Å². The lowest BCUT2D eigenvalue weighted by molar-refractivity contribution is 0.302. The number of hydrogen-bond acceptors (Lipinski definition) is 2. The fourth-order valence-electron chi connectivity index (χ4n) is 2.23. The maximum atomic E-state index is 13.2. The van der Waals surface area contributed by atoms with Gasteiger partial charge in [-0.05, 0) is 66.8 Å². The van der Waals surface area contributed by atoms with Gasteiger partial charge < -0.3 is 10.5 Å². The third-order valence-electron chi connectivity index (χ3n) is 3.54. The number of ether oxygens (including phenoxy) is 1. The van der Waals surface area contributed by atoms with Crippen LogP contribution >= 0.6 is 0 Å². The van der Waals surface area contributed by atoms with E-state index in [9.17, 15) is 4.39 Å². The van der Waals surface area contributed by atoms with Crippen molar-refractivity contribution >= 4 is 0 Å². The Kier molecular flexibility index (Phi) is 4.40. The first-order chi connectivity index (χ1) is 9.51. The standard InChI is InChI=1S/C17H20FNO/c1-11-6-12(2)13(3)17(7-11)20-10-14-4-5-16(18)8-15(14)9-19/h4-8H,9-10,19H2,1-3H3. The van der Waals surface area contributed by atoms with E-state index >= 15 is 0 Å². The molecule has 0 unspecified atom stereocenters. The summed E-state index contributed by atoms with van der Waals surface area (Å²) in [5.74, 6) is 0.603. The molecule has 0 saturated heterocycles. The second-order valence-electron chi connectivity index (χ2n) is 5.11. The van der Waals surface area contributed by atoms with E-state index in [1.165, 1.54) is 23.3 Å². The Hall–Kier alpha value is -1.87. The maximum Gasteiger partial charge on any atom is 0.123 e. The summed E-state index contributed by atoms with van der Waals surface area (Å²) in [6.45, 7) is 6.86. The highest BCUT2D eigenvalue weighted by molar-refractivity contribution is 5.42. The van der Waals surface area contributed by atoms with Crippen molar-refractivity contribution in [3.63, 3.8) is 0 Å². The second kappa shape index (κ2) is 6.06. The van der Waals surface area contributed by atoms with E-state index in [0.29, 0.717) is 13.2 Å². The molecule has 2 aromatic carbocycles. The first kappa shape index (κ1) is 14.5. The van der Waals surface area contributed by atoms with Crippen LogP contribution in [0, 0.1) is 26.6 Å². The quantitative estimate of drug-likeness (QED) is 0.920. The summed E-state index contributed by atoms with van der Waals surface area (Å²) in [6, 6.07) is 8.79. The summed E-state index contributed by atoms with van der Waals surface area (Å²) in [7, 11) is 0. The van der Waals surface area contributed by atoms with Crippen LogP contribution in [0.4, 0.5) is 4.39 Å². The zero-order valence-corrected chi connectivity index (χ0v) is 12.2. The number of hydrogen-bond donors (Lipinski definition) is 1. The number of rotatable bonds is 4. The molecule has 2 nitrogen and oxygen atoms in total. The third-order valence-corrected chi connectivity index (χ3v) is 3.54. The summed E-state index contributed by atoms with van der Waals surface area (Å²) in [5, 5.41) is 0. The van der Waals surface area contributed by atoms with E-state index in [2.05, 4.69) is 13.0 Å². The lowest BCUT2D eigenvalue weighted by Crippen LogP contribution is -2.06. The average Bonchev–Trinajstić information content (AvgIpc) is 2.42. The fraction of sp³-hybridized carbons (Fsp3) is 0.294. The monoisotopic (exact) mass is 273 g/mol. The molecule has 3 heteroatoms. The molecular formula is C17H20FNO. The van der Waals surface area contributed by atoms with Gasteiger partial charge in [-0.1, -0.05) is 12.1 Å². The molecule has 2 aromatic rings. The number of benzene rings is 2. The zero-order chi connectivity index (χ0) is 14.7. The van der Waals surface area contributed by atoms with Gasteiger partial charge in [0, 0.05) is 6.54 Å². The van der Waals surface area contributed by atoms with Gasteiger partial charge in [-0.3, -0.25) is 0 Å². The van der Waals surface area contributed by atoms with Crippen LogP contribution in [-0.2, 0) is 13.2 Å². The Labute approximate surface area is 119 Å². The van der Waals surface area contributed by atoms with Crippen molar-refractivity contribution in [2.24, 2.45) is 5.73 Å². The second-order valence-corrected chi connectivity index (χ2v) is 5.11. The number of halogens is 1. The normalized spacial score (nSPS) is 10.7. The smallest absolute Gasteiger partial charge is 0.123 e. The van der Waals surface area contributed by atoms with Gasteiger partial charge in [-0.2, -0.15) is 0 Å². The van der Waals surface area contributed by atoms with Crippen LogP contribution in [0.25, 0.3) is 0 Å². The molecule has 20 heavy (non-hydrogen) atoms. The summed E-state index contributed by atoms with van der Waals surface area (Å²) >= 11 is 0. The van der Waals surface area contributed by atoms with E-state index in [0.717, 1.165) is 22.4 Å². The largest absolute Gasteiger partial charge is 0.489 e. The highest BCUT2D eigenvalue weighted by atomic mass is 19.1. The van der Waals surface area contributed by atoms with E-state index < -0.39 is 0 Å². The molecule has 0 saturated carbocycles. The highest BCUT2D eigenvalue weighted by Gasteiger charge is 2.07. The maximum absolute atomic E-state index is 13.2. The molecule has 0 aliphatic heterocycles. The predicted octanol–water partition coefficient (Wildman–Crippen LogP) is 3.79. The van der Waals surface area contributed by atoms with Crippen LogP contribution in [0.3, 0.4) is 0 Å². The Morgan fingerprint density at radius 3 is 2.50 bits per heavy atom. The molecule has 0 aliphatic carbocycles. The lowest BCUT2D eigenvalue weighted by atomic mass is 10.1. The first-order valence-corrected chi connectivity index (χ1v) is 6.69. The minimum atomic E-state index is -0.267. The van der Waals surface area contributed by atoms with Crippen LogP contribution in [0.15, 0.2) is 30.3 Å². The van der Waals surface area contributed by atoms with Crippen molar-refractivity contribution in [2.45, 2.75) is 33.9 Å². The summed E-state index contributed by atoms with van der Waals surface area (Å²) < 4.78 is 19.1. The van der Waals surface area contributed by atoms with Gasteiger partial charge in [-0.25, -0.2) is 4.39 Å². The van der Waals surface area contributed by atoms with Gasteiger partial charge in [0.15, 0.2) is 0 Å². The van der Waals surface area contributed by atoms with Crippen LogP contribution in [0.1, 0.15) is 27.8 Å². The Balaban J connectivity index is 2.21. The van der Waals surface area contributed by atoms with Gasteiger partial charge in [-0.15, -0.1) is 0 Å². The summed E-state index contributed by atoms with van der Waals surface area (Å²) in [4.78, 5) is 0. The predicted molar refractivity (Wildman–Crippen MR) is 79.3 cm³/mol. The zero-order valence-electron chi connectivity index (χ0n) is 12.2. The van der Waals surface area contributed by atoms with Gasteiger partial charge in [0.25, 0.3) is 0 Å². The number of aryl methyl sites for hydroxylation is 2. The Morgan fingerprint density at radius 2 is 1.80 bits per heavy atom. The van der Waals surface area contributed by atoms with Crippen molar-refractivity contribution in [3.05, 3.63) is 64.0 Å². The molecule has 0 heterocycles. The minimum absolute atomic E-state index is 0.267. The molecule has 0 bridgehead atoms. The third kappa shape index (κ3) is 3.17. The minimum Gasteiger partial charge on any atom is -0.489 e. The molecule has 0 aromatic heterocycles. The molecule has 2 rings (SSSR count). The highest BCUT2D eigenvalue weighted by Crippen LogP contribution is 2.24. The van der Waals surface area contributed by atoms with Gasteiger partial charge in [0.2, 0.25) is 0 Å². The van der Waals surface area contributed by atoms with E-state index in [1.54, 1.807) is 6.07 Å². The molecule has 0 spiro atoms. The first-order valence-electron chi connectivity index (χ1n) is 6.69. The molecule has 0 atom stereocenters. The fourth-order valence-corrected chi connectivity index (χ4v) is 2.23. The molecule has 2 N–H and O–H groups in total. The molecule has 106 valence electrons. The van der Waals surface area contributed by atoms with Gasteiger partial charge in [0.1, 0.15) is 18.2 Å². The van der Waals surface area contributed by atoms with Crippen LogP contribution in [0.5, 0.6) is 5.75 Å². The average molecular weight is 273 g/mol. The molecular weight excluding hydrogens is 253 g/mol. The van der Waals surface area contributed by atoms with Gasteiger partial charge in [0.05, 0.1) is 0 Å². The summed E-state index contributed by atoms with van der Waals surface area (Å²) in [5.41, 5.74) is 10.9. The molecule has 0 amide bonds. The Bertz CT molecular complexity index is 623. The lowest BCUT2D eigenvalue weighted by Gasteiger charge is -2.14. The Morgan fingerprint density at radius 1 is 1.05 bits per heavy atom. The SMILES string of the molecule is Cc1cc(C)c(C)c(OCc2ccc(F)cc2CN)c1. The van der Waals surface area contributed by atoms with E-state index in [-0.39, 0.29) is 5.82 Å². The van der Waals surface area contributed by atoms with Crippen molar-refractivity contribution < 1.29 is 9.13 Å². The van der Waals surface area contributed by atoms with E-state index in [1.807, 2.05) is 19.9 Å². The van der Waals surface area contributed by atoms with Crippen LogP contribution < -0.4 is 10.5 Å². The topological polar surface area (TPSA) is 35.2 Å². The van der Waals surface area contributed by atoms with Crippen molar-refractivity contribution in [1.29, 1.82) is 0 Å². The summed E-state index contributed by atoms with van der Waals surface area (Å²) in [6.07, 6.45) is 0. The molecule has 0 aliphatic rings.